The molecule has 0 radical (unpaired) electrons. The molecule has 0 atom stereocenters. The third-order valence-corrected chi connectivity index (χ3v) is 4.65. The van der Waals surface area contributed by atoms with Crippen molar-refractivity contribution in [3.8, 4) is 0 Å². The summed E-state index contributed by atoms with van der Waals surface area (Å²) in [6.07, 6.45) is 0. The van der Waals surface area contributed by atoms with Crippen LogP contribution in [0.3, 0.4) is 0 Å². The van der Waals surface area contributed by atoms with Gasteiger partial charge in [-0.05, 0) is 30.2 Å². The van der Waals surface area contributed by atoms with Crippen molar-refractivity contribution in [1.82, 2.24) is 10.0 Å². The summed E-state index contributed by atoms with van der Waals surface area (Å²) in [6.45, 7) is 8.58. The summed E-state index contributed by atoms with van der Waals surface area (Å²) < 4.78 is 26.7. The predicted molar refractivity (Wildman–Crippen MR) is 79.0 cm³/mol. The summed E-state index contributed by atoms with van der Waals surface area (Å²) in [4.78, 5) is 0.252. The van der Waals surface area contributed by atoms with Crippen molar-refractivity contribution in [2.24, 2.45) is 0 Å². The van der Waals surface area contributed by atoms with Crippen LogP contribution < -0.4 is 10.0 Å². The molecule has 1 rings (SSSR count). The Morgan fingerprint density at radius 3 is 2.47 bits per heavy atom. The molecule has 4 nitrogen and oxygen atoms in total. The molecule has 0 aliphatic carbocycles. The van der Waals surface area contributed by atoms with Gasteiger partial charge in [-0.15, -0.1) is 0 Å². The molecule has 0 fully saturated rings. The van der Waals surface area contributed by atoms with Crippen molar-refractivity contribution in [2.45, 2.75) is 45.2 Å². The number of hydrogen-bond donors (Lipinski definition) is 2. The standard InChI is InChI=1S/C13H21ClN2O2S/c1-5-16-19(17,18)13-7-12(14)6-11(10(13)4)8-15-9(2)3/h6-7,9,15-16H,5,8H2,1-4H3. The Morgan fingerprint density at radius 2 is 1.95 bits per heavy atom. The molecule has 0 saturated heterocycles. The molecule has 0 amide bonds. The summed E-state index contributed by atoms with van der Waals surface area (Å²) in [5.41, 5.74) is 1.64. The lowest BCUT2D eigenvalue weighted by atomic mass is 10.1. The molecular weight excluding hydrogens is 284 g/mol. The van der Waals surface area contributed by atoms with Crippen LogP contribution in [-0.4, -0.2) is 21.0 Å². The Hall–Kier alpha value is -0.620. The lowest BCUT2D eigenvalue weighted by molar-refractivity contribution is 0.579. The zero-order valence-electron chi connectivity index (χ0n) is 11.7. The van der Waals surface area contributed by atoms with E-state index in [0.717, 1.165) is 11.1 Å². The van der Waals surface area contributed by atoms with Crippen molar-refractivity contribution in [2.75, 3.05) is 6.54 Å². The van der Waals surface area contributed by atoms with Gasteiger partial charge in [-0.1, -0.05) is 32.4 Å². The summed E-state index contributed by atoms with van der Waals surface area (Å²) in [5.74, 6) is 0. The maximum absolute atomic E-state index is 12.1. The van der Waals surface area contributed by atoms with Gasteiger partial charge in [0.2, 0.25) is 10.0 Å². The average molecular weight is 305 g/mol. The van der Waals surface area contributed by atoms with Crippen LogP contribution in [0.15, 0.2) is 17.0 Å². The topological polar surface area (TPSA) is 58.2 Å². The van der Waals surface area contributed by atoms with E-state index in [1.54, 1.807) is 19.9 Å². The van der Waals surface area contributed by atoms with Crippen LogP contribution in [-0.2, 0) is 16.6 Å². The fraction of sp³-hybridized carbons (Fsp3) is 0.538. The van der Waals surface area contributed by atoms with E-state index in [2.05, 4.69) is 10.0 Å². The molecule has 0 unspecified atom stereocenters. The van der Waals surface area contributed by atoms with Crippen molar-refractivity contribution in [3.05, 3.63) is 28.3 Å². The van der Waals surface area contributed by atoms with Crippen molar-refractivity contribution >= 4 is 21.6 Å². The van der Waals surface area contributed by atoms with E-state index >= 15 is 0 Å². The molecule has 1 aromatic rings. The molecule has 6 heteroatoms. The van der Waals surface area contributed by atoms with Gasteiger partial charge in [0.15, 0.2) is 0 Å². The zero-order valence-corrected chi connectivity index (χ0v) is 13.3. The van der Waals surface area contributed by atoms with E-state index in [4.69, 9.17) is 11.6 Å². The van der Waals surface area contributed by atoms with Crippen molar-refractivity contribution in [3.63, 3.8) is 0 Å². The van der Waals surface area contributed by atoms with Crippen LogP contribution in [0.1, 0.15) is 31.9 Å². The number of hydrogen-bond acceptors (Lipinski definition) is 3. The quantitative estimate of drug-likeness (QED) is 0.849. The van der Waals surface area contributed by atoms with Crippen LogP contribution >= 0.6 is 11.6 Å². The molecule has 0 spiro atoms. The summed E-state index contributed by atoms with van der Waals surface area (Å²) >= 11 is 6.02. The molecule has 2 N–H and O–H groups in total. The average Bonchev–Trinajstić information content (AvgIpc) is 2.29. The van der Waals surface area contributed by atoms with Crippen molar-refractivity contribution in [1.29, 1.82) is 0 Å². The first-order valence-corrected chi connectivity index (χ1v) is 8.16. The molecule has 0 heterocycles. The molecule has 0 aliphatic rings. The minimum atomic E-state index is -3.49. The highest BCUT2D eigenvalue weighted by Gasteiger charge is 2.18. The van der Waals surface area contributed by atoms with Gasteiger partial charge in [-0.25, -0.2) is 13.1 Å². The van der Waals surface area contributed by atoms with Crippen molar-refractivity contribution < 1.29 is 8.42 Å². The van der Waals surface area contributed by atoms with Crippen LogP contribution in [0.4, 0.5) is 0 Å². The van der Waals surface area contributed by atoms with Gasteiger partial charge < -0.3 is 5.32 Å². The largest absolute Gasteiger partial charge is 0.310 e. The lowest BCUT2D eigenvalue weighted by Gasteiger charge is -2.15. The Labute approximate surface area is 120 Å². The number of sulfonamides is 1. The minimum Gasteiger partial charge on any atom is -0.310 e. The summed E-state index contributed by atoms with van der Waals surface area (Å²) in [7, 11) is -3.49. The maximum Gasteiger partial charge on any atom is 0.240 e. The van der Waals surface area contributed by atoms with Gasteiger partial charge in [-0.2, -0.15) is 0 Å². The van der Waals surface area contributed by atoms with E-state index in [1.165, 1.54) is 6.07 Å². The number of nitrogens with one attached hydrogen (secondary N) is 2. The second-order valence-corrected chi connectivity index (χ2v) is 6.90. The molecule has 0 aromatic heterocycles. The van der Waals surface area contributed by atoms with E-state index < -0.39 is 10.0 Å². The smallest absolute Gasteiger partial charge is 0.240 e. The zero-order chi connectivity index (χ0) is 14.6. The second-order valence-electron chi connectivity index (χ2n) is 4.72. The first-order valence-electron chi connectivity index (χ1n) is 6.30. The predicted octanol–water partition coefficient (Wildman–Crippen LogP) is 2.44. The van der Waals surface area contributed by atoms with E-state index in [9.17, 15) is 8.42 Å². The Kier molecular flexibility index (Phi) is 5.80. The Bertz CT molecular complexity index is 542. The third-order valence-electron chi connectivity index (χ3n) is 2.76. The van der Waals surface area contributed by atoms with Crippen LogP contribution in [0.5, 0.6) is 0 Å². The Balaban J connectivity index is 3.20. The van der Waals surface area contributed by atoms with Gasteiger partial charge in [0.25, 0.3) is 0 Å². The normalized spacial score (nSPS) is 12.1. The maximum atomic E-state index is 12.1. The van der Waals surface area contributed by atoms with Gasteiger partial charge >= 0.3 is 0 Å². The highest BCUT2D eigenvalue weighted by Crippen LogP contribution is 2.24. The molecular formula is C13H21ClN2O2S. The van der Waals surface area contributed by atoms with E-state index in [0.29, 0.717) is 24.2 Å². The molecule has 108 valence electrons. The highest BCUT2D eigenvalue weighted by molar-refractivity contribution is 7.89. The second kappa shape index (κ2) is 6.70. The Morgan fingerprint density at radius 1 is 1.32 bits per heavy atom. The minimum absolute atomic E-state index is 0.252. The van der Waals surface area contributed by atoms with Gasteiger partial charge in [0.05, 0.1) is 4.90 Å². The van der Waals surface area contributed by atoms with Gasteiger partial charge in [0.1, 0.15) is 0 Å². The first-order chi connectivity index (χ1) is 8.77. The molecule has 1 aromatic carbocycles. The number of rotatable bonds is 6. The van der Waals surface area contributed by atoms with Crippen LogP contribution in [0, 0.1) is 6.92 Å². The molecule has 19 heavy (non-hydrogen) atoms. The molecule has 0 bridgehead atoms. The molecule has 0 saturated carbocycles. The lowest BCUT2D eigenvalue weighted by Crippen LogP contribution is -2.26. The fourth-order valence-corrected chi connectivity index (χ4v) is 3.41. The SMILES string of the molecule is CCNS(=O)(=O)c1cc(Cl)cc(CNC(C)C)c1C. The summed E-state index contributed by atoms with van der Waals surface area (Å²) in [5, 5.41) is 3.70. The van der Waals surface area contributed by atoms with Gasteiger partial charge in [-0.3, -0.25) is 0 Å². The summed E-state index contributed by atoms with van der Waals surface area (Å²) in [6, 6.07) is 3.62. The number of halogens is 1. The van der Waals surface area contributed by atoms with E-state index in [1.807, 2.05) is 13.8 Å². The van der Waals surface area contributed by atoms with Gasteiger partial charge in [0, 0.05) is 24.2 Å². The van der Waals surface area contributed by atoms with Crippen LogP contribution in [0.2, 0.25) is 5.02 Å². The molecule has 0 aliphatic heterocycles. The first kappa shape index (κ1) is 16.4. The van der Waals surface area contributed by atoms with Crippen LogP contribution in [0.25, 0.3) is 0 Å². The monoisotopic (exact) mass is 304 g/mol. The third kappa shape index (κ3) is 4.45. The fourth-order valence-electron chi connectivity index (χ4n) is 1.75. The highest BCUT2D eigenvalue weighted by atomic mass is 35.5. The van der Waals surface area contributed by atoms with E-state index in [-0.39, 0.29) is 4.90 Å². The number of benzene rings is 1.